The van der Waals surface area contributed by atoms with Gasteiger partial charge in [0.2, 0.25) is 5.91 Å². The lowest BCUT2D eigenvalue weighted by Gasteiger charge is -2.42. The number of amides is 1. The summed E-state index contributed by atoms with van der Waals surface area (Å²) in [5.41, 5.74) is -0.819. The number of phosphoric acid groups is 1. The fourth-order valence-electron chi connectivity index (χ4n) is 1.31. The smallest absolute Gasteiger partial charge is 0.358 e. The van der Waals surface area contributed by atoms with Crippen molar-refractivity contribution in [2.45, 2.75) is 0 Å². The van der Waals surface area contributed by atoms with Crippen molar-refractivity contribution in [1.29, 1.82) is 0 Å². The van der Waals surface area contributed by atoms with Gasteiger partial charge in [-0.05, 0) is 0 Å². The van der Waals surface area contributed by atoms with Crippen molar-refractivity contribution < 1.29 is 22.9 Å². The summed E-state index contributed by atoms with van der Waals surface area (Å²) in [5.74, 6) is -0.210. The molecular formula is C6H10NO5P. The van der Waals surface area contributed by atoms with Crippen LogP contribution in [-0.2, 0) is 22.9 Å². The van der Waals surface area contributed by atoms with Crippen molar-refractivity contribution in [2.75, 3.05) is 26.9 Å². The summed E-state index contributed by atoms with van der Waals surface area (Å²) in [6.07, 6.45) is 0. The van der Waals surface area contributed by atoms with Gasteiger partial charge in [0.25, 0.3) is 0 Å². The van der Waals surface area contributed by atoms with Crippen LogP contribution in [0, 0.1) is 5.41 Å². The molecule has 0 radical (unpaired) electrons. The number of carbonyl (C=O) groups excluding carboxylic acids is 1. The minimum atomic E-state index is -3.30. The molecule has 0 unspecified atom stereocenters. The first-order valence-corrected chi connectivity index (χ1v) is 5.32. The molecule has 0 atom stereocenters. The van der Waals surface area contributed by atoms with Crippen LogP contribution in [0.15, 0.2) is 0 Å². The topological polar surface area (TPSA) is 73.9 Å². The zero-order chi connectivity index (χ0) is 9.53. The number of rotatable bonds is 1. The molecule has 1 amide bonds. The highest BCUT2D eigenvalue weighted by atomic mass is 31.2. The van der Waals surface area contributed by atoms with Gasteiger partial charge in [-0.1, -0.05) is 0 Å². The predicted octanol–water partition coefficient (Wildman–Crippen LogP) is -0.0961. The largest absolute Gasteiger partial charge is 0.474 e. The van der Waals surface area contributed by atoms with Gasteiger partial charge in [-0.2, -0.15) is 0 Å². The number of phosphoric ester groups is 1. The number of hydrogen-bond donors (Lipinski definition) is 1. The van der Waals surface area contributed by atoms with E-state index >= 15 is 0 Å². The van der Waals surface area contributed by atoms with Crippen LogP contribution in [0.25, 0.3) is 0 Å². The number of fused-ring (bicyclic) bond motifs is 3. The summed E-state index contributed by atoms with van der Waals surface area (Å²) in [4.78, 5) is 11.4. The fraction of sp³-hybridized carbons (Fsp3) is 0.833. The first-order valence-electron chi connectivity index (χ1n) is 3.86. The van der Waals surface area contributed by atoms with Crippen molar-refractivity contribution in [3.8, 4) is 0 Å². The van der Waals surface area contributed by atoms with Gasteiger partial charge in [0.1, 0.15) is 5.41 Å². The van der Waals surface area contributed by atoms with Crippen molar-refractivity contribution in [1.82, 2.24) is 5.32 Å². The van der Waals surface area contributed by atoms with Gasteiger partial charge in [-0.25, -0.2) is 4.57 Å². The van der Waals surface area contributed by atoms with Crippen LogP contribution in [0.1, 0.15) is 0 Å². The number of hydrogen-bond acceptors (Lipinski definition) is 5. The lowest BCUT2D eigenvalue weighted by Crippen LogP contribution is -2.54. The van der Waals surface area contributed by atoms with Gasteiger partial charge in [0.15, 0.2) is 0 Å². The Morgan fingerprint density at radius 3 is 2.15 bits per heavy atom. The third kappa shape index (κ3) is 1.30. The van der Waals surface area contributed by atoms with Gasteiger partial charge in [-0.15, -0.1) is 0 Å². The molecule has 0 saturated carbocycles. The molecular weight excluding hydrogens is 197 g/mol. The summed E-state index contributed by atoms with van der Waals surface area (Å²) in [6.45, 7) is 0.303. The van der Waals surface area contributed by atoms with Crippen LogP contribution < -0.4 is 5.32 Å². The van der Waals surface area contributed by atoms with Crippen LogP contribution in [0.4, 0.5) is 0 Å². The zero-order valence-electron chi connectivity index (χ0n) is 7.11. The maximum Gasteiger partial charge on any atom is 0.474 e. The summed E-state index contributed by atoms with van der Waals surface area (Å²) < 4.78 is 25.8. The summed E-state index contributed by atoms with van der Waals surface area (Å²) in [5, 5.41) is 2.49. The van der Waals surface area contributed by atoms with E-state index in [1.54, 1.807) is 0 Å². The molecule has 3 aliphatic heterocycles. The van der Waals surface area contributed by atoms with Gasteiger partial charge in [-0.3, -0.25) is 18.4 Å². The van der Waals surface area contributed by atoms with E-state index < -0.39 is 13.2 Å². The molecule has 0 aromatic carbocycles. The first-order chi connectivity index (χ1) is 6.10. The molecule has 7 heteroatoms. The maximum absolute atomic E-state index is 11.4. The second-order valence-corrected chi connectivity index (χ2v) is 4.80. The third-order valence-electron chi connectivity index (χ3n) is 2.21. The lowest BCUT2D eigenvalue weighted by molar-refractivity contribution is -0.151. The summed E-state index contributed by atoms with van der Waals surface area (Å²) in [6, 6.07) is 0. The Hall–Kier alpha value is -0.420. The Labute approximate surface area is 75.2 Å². The van der Waals surface area contributed by atoms with E-state index in [1.807, 2.05) is 0 Å². The average Bonchev–Trinajstić information content (AvgIpc) is 2.18. The van der Waals surface area contributed by atoms with E-state index in [0.29, 0.717) is 0 Å². The molecule has 0 aliphatic carbocycles. The number of carbonyl (C=O) groups is 1. The second kappa shape index (κ2) is 2.78. The molecule has 0 spiro atoms. The Morgan fingerprint density at radius 1 is 1.31 bits per heavy atom. The Bertz CT molecular complexity index is 259. The SMILES string of the molecule is CNC(=O)C12COP(=O)(OC1)OC2. The molecule has 1 N–H and O–H groups in total. The molecule has 3 saturated heterocycles. The monoisotopic (exact) mass is 207 g/mol. The minimum Gasteiger partial charge on any atom is -0.358 e. The van der Waals surface area contributed by atoms with E-state index in [1.165, 1.54) is 7.05 Å². The molecule has 0 aromatic rings. The molecule has 3 rings (SSSR count). The second-order valence-electron chi connectivity index (χ2n) is 3.13. The molecule has 3 heterocycles. The Balaban J connectivity index is 2.20. The van der Waals surface area contributed by atoms with Crippen molar-refractivity contribution >= 4 is 13.7 Å². The molecule has 0 aromatic heterocycles. The van der Waals surface area contributed by atoms with Gasteiger partial charge >= 0.3 is 7.82 Å². The maximum atomic E-state index is 11.4. The van der Waals surface area contributed by atoms with E-state index in [4.69, 9.17) is 13.6 Å². The molecule has 2 bridgehead atoms. The Kier molecular flexibility index (Phi) is 1.96. The highest BCUT2D eigenvalue weighted by molar-refractivity contribution is 7.48. The van der Waals surface area contributed by atoms with Gasteiger partial charge < -0.3 is 5.32 Å². The van der Waals surface area contributed by atoms with Crippen molar-refractivity contribution in [2.24, 2.45) is 5.41 Å². The average molecular weight is 207 g/mol. The van der Waals surface area contributed by atoms with Gasteiger partial charge in [0.05, 0.1) is 19.8 Å². The lowest BCUT2D eigenvalue weighted by atomic mass is 9.90. The van der Waals surface area contributed by atoms with E-state index in [9.17, 15) is 9.36 Å². The van der Waals surface area contributed by atoms with Crippen LogP contribution in [-0.4, -0.2) is 32.8 Å². The van der Waals surface area contributed by atoms with Crippen LogP contribution in [0.2, 0.25) is 0 Å². The van der Waals surface area contributed by atoms with Crippen molar-refractivity contribution in [3.63, 3.8) is 0 Å². The van der Waals surface area contributed by atoms with Gasteiger partial charge in [0, 0.05) is 7.05 Å². The summed E-state index contributed by atoms with van der Waals surface area (Å²) in [7, 11) is -1.77. The minimum absolute atomic E-state index is 0.101. The highest BCUT2D eigenvalue weighted by Crippen LogP contribution is 2.59. The van der Waals surface area contributed by atoms with Crippen molar-refractivity contribution in [3.05, 3.63) is 0 Å². The van der Waals surface area contributed by atoms with E-state index in [2.05, 4.69) is 5.32 Å². The van der Waals surface area contributed by atoms with E-state index in [0.717, 1.165) is 0 Å². The van der Waals surface area contributed by atoms with Crippen LogP contribution in [0.3, 0.4) is 0 Å². The normalized spacial score (nSPS) is 43.2. The quantitative estimate of drug-likeness (QED) is 0.608. The Morgan fingerprint density at radius 2 is 1.77 bits per heavy atom. The van der Waals surface area contributed by atoms with Crippen LogP contribution in [0.5, 0.6) is 0 Å². The van der Waals surface area contributed by atoms with E-state index in [-0.39, 0.29) is 25.7 Å². The zero-order valence-corrected chi connectivity index (χ0v) is 8.00. The molecule has 6 nitrogen and oxygen atoms in total. The highest BCUT2D eigenvalue weighted by Gasteiger charge is 2.54. The number of nitrogens with one attached hydrogen (secondary N) is 1. The predicted molar refractivity (Wildman–Crippen MR) is 42.0 cm³/mol. The first kappa shape index (κ1) is 9.15. The molecule has 3 aliphatic rings. The fourth-order valence-corrected chi connectivity index (χ4v) is 2.75. The standard InChI is InChI=1S/C6H10NO5P/c1-7-5(8)6-2-10-13(9,11-3-6)12-4-6/h2-4H2,1H3,(H,7,8). The van der Waals surface area contributed by atoms with Crippen LogP contribution >= 0.6 is 7.82 Å². The molecule has 13 heavy (non-hydrogen) atoms. The summed E-state index contributed by atoms with van der Waals surface area (Å²) >= 11 is 0. The molecule has 3 fully saturated rings. The molecule has 74 valence electrons. The third-order valence-corrected chi connectivity index (χ3v) is 3.54.